The van der Waals surface area contributed by atoms with Gasteiger partial charge in [0.15, 0.2) is 5.43 Å². The molecule has 0 bridgehead atoms. The number of hydrogen-bond donors (Lipinski definition) is 0. The minimum atomic E-state index is -4.15. The van der Waals surface area contributed by atoms with E-state index in [1.807, 2.05) is 23.7 Å². The average Bonchev–Trinajstić information content (AvgIpc) is 2.55. The maximum atomic E-state index is 12.4. The Labute approximate surface area is 153 Å². The molecule has 1 aliphatic carbocycles. The van der Waals surface area contributed by atoms with Crippen LogP contribution in [-0.4, -0.2) is 17.4 Å². The van der Waals surface area contributed by atoms with E-state index >= 15 is 0 Å². The summed E-state index contributed by atoms with van der Waals surface area (Å²) in [6, 6.07) is 10.3. The van der Waals surface area contributed by atoms with Crippen molar-refractivity contribution in [1.82, 2.24) is 4.57 Å². The minimum Gasteiger partial charge on any atom is -0.493 e. The molecule has 0 amide bonds. The number of unbranched alkanes of at least 4 members (excludes halogenated alkanes) is 1. The number of pyridine rings is 1. The van der Waals surface area contributed by atoms with Crippen LogP contribution in [0.2, 0.25) is 5.02 Å². The fraction of sp³-hybridized carbons (Fsp3) is 0.316. The third kappa shape index (κ3) is 4.12. The number of aromatic nitrogens is 1. The Morgan fingerprint density at radius 1 is 1.12 bits per heavy atom. The second-order valence-electron chi connectivity index (χ2n) is 6.18. The number of aryl methyl sites for hydroxylation is 1. The van der Waals surface area contributed by atoms with Crippen LogP contribution in [0.5, 0.6) is 5.75 Å². The maximum absolute atomic E-state index is 12.4. The van der Waals surface area contributed by atoms with Crippen molar-refractivity contribution in [3.05, 3.63) is 51.6 Å². The summed E-state index contributed by atoms with van der Waals surface area (Å²) in [6.45, 7) is 0.129. The first-order valence-electron chi connectivity index (χ1n) is 8.17. The molecule has 7 heteroatoms. The lowest BCUT2D eigenvalue weighted by Gasteiger charge is -2.17. The number of hydrogen-bond acceptors (Lipinski definition) is 2. The minimum absolute atomic E-state index is 0.00176. The summed E-state index contributed by atoms with van der Waals surface area (Å²) in [5, 5.41) is 1.48. The van der Waals surface area contributed by atoms with Gasteiger partial charge in [0, 0.05) is 41.7 Å². The highest BCUT2D eigenvalue weighted by Crippen LogP contribution is 2.29. The van der Waals surface area contributed by atoms with E-state index in [0.29, 0.717) is 22.0 Å². The van der Waals surface area contributed by atoms with Gasteiger partial charge in [0.25, 0.3) is 0 Å². The van der Waals surface area contributed by atoms with Crippen molar-refractivity contribution in [3.8, 4) is 17.0 Å². The topological polar surface area (TPSA) is 31.2 Å². The van der Waals surface area contributed by atoms with Crippen molar-refractivity contribution in [2.24, 2.45) is 7.05 Å². The molecule has 0 fully saturated rings. The van der Waals surface area contributed by atoms with Crippen molar-refractivity contribution in [2.75, 3.05) is 6.61 Å². The molecule has 1 heterocycles. The van der Waals surface area contributed by atoms with Crippen molar-refractivity contribution in [3.63, 3.8) is 0 Å². The summed E-state index contributed by atoms with van der Waals surface area (Å²) >= 11 is 6.05. The molecule has 0 N–H and O–H groups in total. The van der Waals surface area contributed by atoms with Crippen LogP contribution >= 0.6 is 11.6 Å². The van der Waals surface area contributed by atoms with Gasteiger partial charge in [-0.1, -0.05) is 17.7 Å². The maximum Gasteiger partial charge on any atom is 0.389 e. The third-order valence-electron chi connectivity index (χ3n) is 4.23. The van der Waals surface area contributed by atoms with Crippen LogP contribution in [0, 0.1) is 0 Å². The molecule has 3 nitrogen and oxygen atoms in total. The summed E-state index contributed by atoms with van der Waals surface area (Å²) in [5.41, 5.74) is 1.90. The molecule has 1 aromatic carbocycles. The predicted octanol–water partition coefficient (Wildman–Crippen LogP) is 5.41. The lowest BCUT2D eigenvalue weighted by Crippen LogP contribution is -2.12. The monoisotopic (exact) mass is 383 g/mol. The van der Waals surface area contributed by atoms with E-state index in [1.165, 1.54) is 6.07 Å². The molecule has 1 aromatic rings. The van der Waals surface area contributed by atoms with E-state index < -0.39 is 12.6 Å². The van der Waals surface area contributed by atoms with Crippen molar-refractivity contribution in [2.45, 2.75) is 25.4 Å². The first kappa shape index (κ1) is 18.6. The van der Waals surface area contributed by atoms with Gasteiger partial charge >= 0.3 is 6.18 Å². The van der Waals surface area contributed by atoms with Gasteiger partial charge in [-0.3, -0.25) is 4.79 Å². The molecule has 0 unspecified atom stereocenters. The molecule has 3 rings (SSSR count). The van der Waals surface area contributed by atoms with Crippen molar-refractivity contribution < 1.29 is 17.9 Å². The van der Waals surface area contributed by atoms with E-state index in [9.17, 15) is 18.0 Å². The van der Waals surface area contributed by atoms with Crippen LogP contribution in [0.25, 0.3) is 22.2 Å². The number of alkyl halides is 3. The van der Waals surface area contributed by atoms with E-state index in [2.05, 4.69) is 0 Å². The van der Waals surface area contributed by atoms with Gasteiger partial charge < -0.3 is 9.30 Å². The summed E-state index contributed by atoms with van der Waals surface area (Å²) in [4.78, 5) is 12.4. The standard InChI is InChI=1S/C19H17ClF3NO2/c1-24-16-9-13(20)5-4-12(16)8-15-17(24)10-14(11-18(15)25)26-7-3-2-6-19(21,22)23/h4-5,8-11H,2-3,6-7H2,1H3. The molecule has 1 aliphatic heterocycles. The molecule has 0 spiro atoms. The molecule has 26 heavy (non-hydrogen) atoms. The molecule has 0 saturated carbocycles. The average molecular weight is 384 g/mol. The lowest BCUT2D eigenvalue weighted by atomic mass is 10.0. The Hall–Kier alpha value is -2.21. The molecule has 0 radical (unpaired) electrons. The van der Waals surface area contributed by atoms with Gasteiger partial charge in [-0.2, -0.15) is 13.2 Å². The van der Waals surface area contributed by atoms with E-state index in [1.54, 1.807) is 18.2 Å². The summed E-state index contributed by atoms with van der Waals surface area (Å²) < 4.78 is 43.8. The molecule has 0 saturated heterocycles. The smallest absolute Gasteiger partial charge is 0.389 e. The van der Waals surface area contributed by atoms with Crippen LogP contribution in [0.4, 0.5) is 13.2 Å². The zero-order chi connectivity index (χ0) is 18.9. The number of nitrogens with zero attached hydrogens (tertiary/aromatic N) is 1. The van der Waals surface area contributed by atoms with Gasteiger partial charge in [-0.15, -0.1) is 0 Å². The van der Waals surface area contributed by atoms with Gasteiger partial charge in [0.1, 0.15) is 5.75 Å². The van der Waals surface area contributed by atoms with Crippen LogP contribution in [0.3, 0.4) is 0 Å². The molecular formula is C19H17ClF3NO2. The Balaban J connectivity index is 1.85. The normalized spacial score (nSPS) is 12.0. The Bertz CT molecular complexity index is 965. The zero-order valence-electron chi connectivity index (χ0n) is 14.1. The molecule has 0 aromatic heterocycles. The predicted molar refractivity (Wildman–Crippen MR) is 96.2 cm³/mol. The largest absolute Gasteiger partial charge is 0.493 e. The number of rotatable bonds is 5. The number of ether oxygens (including phenoxy) is 1. The van der Waals surface area contributed by atoms with E-state index in [-0.39, 0.29) is 24.9 Å². The SMILES string of the molecule is Cn1c2cc(OCCCCC(F)(F)F)cc(=O)c-2cc2ccc(Cl)cc21. The molecule has 0 atom stereocenters. The van der Waals surface area contributed by atoms with Crippen LogP contribution in [0.1, 0.15) is 19.3 Å². The number of fused-ring (bicyclic) bond motifs is 2. The summed E-state index contributed by atoms with van der Waals surface area (Å²) in [6.07, 6.45) is -4.72. The lowest BCUT2D eigenvalue weighted by molar-refractivity contribution is -0.135. The molecular weight excluding hydrogens is 367 g/mol. The second-order valence-corrected chi connectivity index (χ2v) is 6.62. The zero-order valence-corrected chi connectivity index (χ0v) is 14.8. The first-order valence-corrected chi connectivity index (χ1v) is 8.55. The highest BCUT2D eigenvalue weighted by atomic mass is 35.5. The molecule has 2 aliphatic rings. The van der Waals surface area contributed by atoms with E-state index in [0.717, 1.165) is 10.9 Å². The first-order chi connectivity index (χ1) is 12.2. The van der Waals surface area contributed by atoms with Gasteiger partial charge in [0.2, 0.25) is 0 Å². The van der Waals surface area contributed by atoms with Gasteiger partial charge in [-0.05, 0) is 36.4 Å². The number of benzene rings is 2. The Morgan fingerprint density at radius 2 is 1.88 bits per heavy atom. The van der Waals surface area contributed by atoms with Crippen LogP contribution < -0.4 is 10.2 Å². The van der Waals surface area contributed by atoms with Crippen LogP contribution in [0.15, 0.2) is 41.2 Å². The summed E-state index contributed by atoms with van der Waals surface area (Å²) in [5.74, 6) is 0.353. The number of halogens is 4. The van der Waals surface area contributed by atoms with Crippen molar-refractivity contribution in [1.29, 1.82) is 0 Å². The second kappa shape index (κ2) is 7.19. The fourth-order valence-electron chi connectivity index (χ4n) is 2.93. The van der Waals surface area contributed by atoms with Crippen molar-refractivity contribution >= 4 is 22.5 Å². The Kier molecular flexibility index (Phi) is 5.14. The quantitative estimate of drug-likeness (QED) is 0.436. The fourth-order valence-corrected chi connectivity index (χ4v) is 3.09. The Morgan fingerprint density at radius 3 is 2.62 bits per heavy atom. The highest BCUT2D eigenvalue weighted by Gasteiger charge is 2.25. The van der Waals surface area contributed by atoms with Gasteiger partial charge in [-0.25, -0.2) is 0 Å². The molecule has 138 valence electrons. The van der Waals surface area contributed by atoms with Gasteiger partial charge in [0.05, 0.1) is 12.3 Å². The summed E-state index contributed by atoms with van der Waals surface area (Å²) in [7, 11) is 1.83. The third-order valence-corrected chi connectivity index (χ3v) is 4.47. The highest BCUT2D eigenvalue weighted by molar-refractivity contribution is 6.31. The van der Waals surface area contributed by atoms with Crippen LogP contribution in [-0.2, 0) is 7.05 Å². The van der Waals surface area contributed by atoms with E-state index in [4.69, 9.17) is 16.3 Å².